The van der Waals surface area contributed by atoms with Gasteiger partial charge < -0.3 is 10.2 Å². The summed E-state index contributed by atoms with van der Waals surface area (Å²) in [6, 6.07) is 16.9. The van der Waals surface area contributed by atoms with Crippen molar-refractivity contribution < 1.29 is 15.0 Å². The Kier molecular flexibility index (Phi) is 3.10. The summed E-state index contributed by atoms with van der Waals surface area (Å²) in [6.07, 6.45) is 0. The van der Waals surface area contributed by atoms with Gasteiger partial charge in [-0.05, 0) is 47.0 Å². The molecule has 2 N–H and O–H groups in total. The third kappa shape index (κ3) is 2.46. The van der Waals surface area contributed by atoms with Crippen LogP contribution in [0.25, 0.3) is 21.9 Å². The van der Waals surface area contributed by atoms with Crippen molar-refractivity contribution in [1.82, 2.24) is 0 Å². The van der Waals surface area contributed by atoms with Crippen LogP contribution in [0.2, 0.25) is 0 Å². The molecular formula is C18H14O3. The molecule has 0 saturated heterocycles. The molecule has 0 radical (unpaired) electrons. The maximum absolute atomic E-state index is 11.1. The van der Waals surface area contributed by atoms with E-state index in [1.165, 1.54) is 17.7 Å². The molecule has 104 valence electrons. The molecule has 0 aliphatic heterocycles. The largest absolute Gasteiger partial charge is 0.507 e. The number of benzene rings is 3. The van der Waals surface area contributed by atoms with Gasteiger partial charge in [-0.2, -0.15) is 0 Å². The fourth-order valence-electron chi connectivity index (χ4n) is 2.38. The minimum atomic E-state index is -1.13. The minimum absolute atomic E-state index is 0.0800. The number of carbonyl (C=O) groups is 1. The standard InChI is InChI=1S/C18H14O3/c1-11-2-4-12(5-3-11)13-6-7-14-10-17(19)16(18(20)21)9-15(14)8-13/h2-10,19H,1H3,(H,20,21). The summed E-state index contributed by atoms with van der Waals surface area (Å²) in [5.74, 6) is -1.34. The number of rotatable bonds is 2. The summed E-state index contributed by atoms with van der Waals surface area (Å²) < 4.78 is 0. The molecule has 0 saturated carbocycles. The van der Waals surface area contributed by atoms with Crippen molar-refractivity contribution in [3.05, 3.63) is 65.7 Å². The van der Waals surface area contributed by atoms with E-state index >= 15 is 0 Å². The van der Waals surface area contributed by atoms with Crippen molar-refractivity contribution in [2.45, 2.75) is 6.92 Å². The third-order valence-corrected chi connectivity index (χ3v) is 3.57. The predicted molar refractivity (Wildman–Crippen MR) is 82.7 cm³/mol. The molecule has 0 spiro atoms. The van der Waals surface area contributed by atoms with Crippen molar-refractivity contribution >= 4 is 16.7 Å². The number of hydrogen-bond acceptors (Lipinski definition) is 2. The van der Waals surface area contributed by atoms with E-state index < -0.39 is 5.97 Å². The highest BCUT2D eigenvalue weighted by molar-refractivity contribution is 5.98. The molecule has 3 aromatic carbocycles. The van der Waals surface area contributed by atoms with Gasteiger partial charge in [-0.25, -0.2) is 4.79 Å². The zero-order chi connectivity index (χ0) is 15.0. The topological polar surface area (TPSA) is 57.5 Å². The Labute approximate surface area is 122 Å². The number of carboxylic acid groups (broad SMARTS) is 1. The fourth-order valence-corrected chi connectivity index (χ4v) is 2.38. The zero-order valence-electron chi connectivity index (χ0n) is 11.5. The van der Waals surface area contributed by atoms with Crippen LogP contribution in [0.5, 0.6) is 5.75 Å². The molecule has 3 nitrogen and oxygen atoms in total. The highest BCUT2D eigenvalue weighted by Crippen LogP contribution is 2.29. The molecule has 0 atom stereocenters. The lowest BCUT2D eigenvalue weighted by Crippen LogP contribution is -1.96. The van der Waals surface area contributed by atoms with Gasteiger partial charge in [0, 0.05) is 0 Å². The maximum atomic E-state index is 11.1. The van der Waals surface area contributed by atoms with Crippen LogP contribution in [0.15, 0.2) is 54.6 Å². The van der Waals surface area contributed by atoms with Gasteiger partial charge in [0.1, 0.15) is 11.3 Å². The first-order valence-corrected chi connectivity index (χ1v) is 6.62. The lowest BCUT2D eigenvalue weighted by molar-refractivity contribution is 0.0694. The highest BCUT2D eigenvalue weighted by atomic mass is 16.4. The fraction of sp³-hybridized carbons (Fsp3) is 0.0556. The molecular weight excluding hydrogens is 264 g/mol. The smallest absolute Gasteiger partial charge is 0.339 e. The Hall–Kier alpha value is -2.81. The number of phenols is 1. The van der Waals surface area contributed by atoms with E-state index in [1.807, 2.05) is 49.4 Å². The normalized spacial score (nSPS) is 10.7. The summed E-state index contributed by atoms with van der Waals surface area (Å²) in [7, 11) is 0. The maximum Gasteiger partial charge on any atom is 0.339 e. The van der Waals surface area contributed by atoms with E-state index in [0.717, 1.165) is 21.9 Å². The van der Waals surface area contributed by atoms with Gasteiger partial charge in [0.15, 0.2) is 0 Å². The first-order chi connectivity index (χ1) is 10.0. The van der Waals surface area contributed by atoms with E-state index in [0.29, 0.717) is 0 Å². The monoisotopic (exact) mass is 278 g/mol. The molecule has 0 bridgehead atoms. The zero-order valence-corrected chi connectivity index (χ0v) is 11.5. The molecule has 0 aliphatic rings. The van der Waals surface area contributed by atoms with E-state index in [2.05, 4.69) is 0 Å². The Morgan fingerprint density at radius 3 is 2.19 bits per heavy atom. The number of aryl methyl sites for hydroxylation is 1. The Balaban J connectivity index is 2.16. The number of hydrogen-bond donors (Lipinski definition) is 2. The summed E-state index contributed by atoms with van der Waals surface area (Å²) >= 11 is 0. The van der Waals surface area contributed by atoms with Gasteiger partial charge in [-0.1, -0.05) is 42.0 Å². The molecule has 0 unspecified atom stereocenters. The van der Waals surface area contributed by atoms with Crippen LogP contribution in [0.3, 0.4) is 0 Å². The predicted octanol–water partition coefficient (Wildman–Crippen LogP) is 4.22. The second-order valence-electron chi connectivity index (χ2n) is 5.10. The molecule has 3 heteroatoms. The third-order valence-electron chi connectivity index (χ3n) is 3.57. The number of fused-ring (bicyclic) bond motifs is 1. The van der Waals surface area contributed by atoms with Crippen molar-refractivity contribution in [2.75, 3.05) is 0 Å². The van der Waals surface area contributed by atoms with E-state index in [9.17, 15) is 9.90 Å². The Morgan fingerprint density at radius 1 is 0.857 bits per heavy atom. The van der Waals surface area contributed by atoms with Crippen molar-refractivity contribution in [2.24, 2.45) is 0 Å². The van der Waals surface area contributed by atoms with Gasteiger partial charge in [-0.15, -0.1) is 0 Å². The average Bonchev–Trinajstić information content (AvgIpc) is 2.46. The number of aromatic hydroxyl groups is 1. The number of aromatic carboxylic acids is 1. The van der Waals surface area contributed by atoms with Crippen molar-refractivity contribution in [1.29, 1.82) is 0 Å². The SMILES string of the molecule is Cc1ccc(-c2ccc3cc(O)c(C(=O)O)cc3c2)cc1. The Bertz CT molecular complexity index is 833. The summed E-state index contributed by atoms with van der Waals surface area (Å²) in [4.78, 5) is 11.1. The minimum Gasteiger partial charge on any atom is -0.507 e. The second kappa shape index (κ2) is 4.94. The summed E-state index contributed by atoms with van der Waals surface area (Å²) in [6.45, 7) is 2.03. The van der Waals surface area contributed by atoms with E-state index in [1.54, 1.807) is 0 Å². The summed E-state index contributed by atoms with van der Waals surface area (Å²) in [5, 5.41) is 20.4. The van der Waals surface area contributed by atoms with Crippen LogP contribution >= 0.6 is 0 Å². The van der Waals surface area contributed by atoms with Crippen LogP contribution in [0.4, 0.5) is 0 Å². The quantitative estimate of drug-likeness (QED) is 0.738. The van der Waals surface area contributed by atoms with E-state index in [-0.39, 0.29) is 11.3 Å². The molecule has 0 amide bonds. The highest BCUT2D eigenvalue weighted by Gasteiger charge is 2.11. The van der Waals surface area contributed by atoms with Gasteiger partial charge >= 0.3 is 5.97 Å². The van der Waals surface area contributed by atoms with Crippen LogP contribution in [-0.2, 0) is 0 Å². The molecule has 3 rings (SSSR count). The molecule has 0 heterocycles. The van der Waals surface area contributed by atoms with Crippen molar-refractivity contribution in [3.8, 4) is 16.9 Å². The van der Waals surface area contributed by atoms with Crippen LogP contribution < -0.4 is 0 Å². The molecule has 0 aromatic heterocycles. The van der Waals surface area contributed by atoms with Crippen LogP contribution in [0.1, 0.15) is 15.9 Å². The molecule has 0 fully saturated rings. The lowest BCUT2D eigenvalue weighted by Gasteiger charge is -2.07. The van der Waals surface area contributed by atoms with Gasteiger partial charge in [-0.3, -0.25) is 0 Å². The van der Waals surface area contributed by atoms with E-state index in [4.69, 9.17) is 5.11 Å². The molecule has 0 aliphatic carbocycles. The first-order valence-electron chi connectivity index (χ1n) is 6.62. The van der Waals surface area contributed by atoms with Crippen LogP contribution in [0, 0.1) is 6.92 Å². The van der Waals surface area contributed by atoms with Crippen molar-refractivity contribution in [3.63, 3.8) is 0 Å². The number of carboxylic acids is 1. The Morgan fingerprint density at radius 2 is 1.52 bits per heavy atom. The summed E-state index contributed by atoms with van der Waals surface area (Å²) in [5.41, 5.74) is 3.21. The first kappa shape index (κ1) is 13.2. The molecule has 21 heavy (non-hydrogen) atoms. The second-order valence-corrected chi connectivity index (χ2v) is 5.10. The van der Waals surface area contributed by atoms with Gasteiger partial charge in [0.25, 0.3) is 0 Å². The van der Waals surface area contributed by atoms with Gasteiger partial charge in [0.05, 0.1) is 0 Å². The molecule has 3 aromatic rings. The lowest BCUT2D eigenvalue weighted by atomic mass is 9.99. The van der Waals surface area contributed by atoms with Crippen LogP contribution in [-0.4, -0.2) is 16.2 Å². The average molecular weight is 278 g/mol. The van der Waals surface area contributed by atoms with Gasteiger partial charge in [0.2, 0.25) is 0 Å².